The molecule has 0 spiro atoms. The van der Waals surface area contributed by atoms with Gasteiger partial charge in [0.05, 0.1) is 11.1 Å². The third kappa shape index (κ3) is 4.05. The maximum atomic E-state index is 12.8. The van der Waals surface area contributed by atoms with Crippen LogP contribution in [-0.2, 0) is 10.0 Å². The zero-order valence-electron chi connectivity index (χ0n) is 15.6. The number of rotatable bonds is 5. The zero-order valence-corrected chi connectivity index (χ0v) is 16.4. The molecular formula is C18H19N5O5S. The fourth-order valence-electron chi connectivity index (χ4n) is 3.16. The molecule has 0 saturated carbocycles. The molecule has 1 aliphatic rings. The van der Waals surface area contributed by atoms with Crippen molar-refractivity contribution in [2.75, 3.05) is 18.4 Å². The normalized spacial score (nSPS) is 17.9. The van der Waals surface area contributed by atoms with Gasteiger partial charge in [0.1, 0.15) is 0 Å². The lowest BCUT2D eigenvalue weighted by atomic mass is 10.0. The number of carbonyl (C=O) groups is 1. The molecule has 0 radical (unpaired) electrons. The summed E-state index contributed by atoms with van der Waals surface area (Å²) in [6.45, 7) is 3.06. The molecular weight excluding hydrogens is 398 g/mol. The minimum atomic E-state index is -3.57. The number of hydrogen-bond acceptors (Lipinski definition) is 8. The first-order valence-corrected chi connectivity index (χ1v) is 10.5. The van der Waals surface area contributed by atoms with E-state index < -0.39 is 15.9 Å². The van der Waals surface area contributed by atoms with E-state index in [9.17, 15) is 13.2 Å². The van der Waals surface area contributed by atoms with E-state index in [2.05, 4.69) is 20.7 Å². The van der Waals surface area contributed by atoms with E-state index in [4.69, 9.17) is 8.94 Å². The minimum Gasteiger partial charge on any atom is -0.400 e. The molecule has 11 heteroatoms. The summed E-state index contributed by atoms with van der Waals surface area (Å²) in [6, 6.07) is 7.18. The highest BCUT2D eigenvalue weighted by Crippen LogP contribution is 2.24. The van der Waals surface area contributed by atoms with Crippen LogP contribution in [0.25, 0.3) is 11.7 Å². The van der Waals surface area contributed by atoms with Crippen molar-refractivity contribution in [1.82, 2.24) is 19.7 Å². The first-order chi connectivity index (χ1) is 13.9. The fraction of sp³-hybridized carbons (Fsp3) is 0.333. The number of carbonyl (C=O) groups excluding carboxylic acids is 1. The molecule has 3 aromatic rings. The predicted octanol–water partition coefficient (Wildman–Crippen LogP) is 2.40. The van der Waals surface area contributed by atoms with E-state index >= 15 is 0 Å². The van der Waals surface area contributed by atoms with E-state index in [-0.39, 0.29) is 28.1 Å². The monoisotopic (exact) mass is 417 g/mol. The SMILES string of the molecule is C[C@H]1CCCN(S(=O)(=O)c2ccc(C(=O)Nc3nnc(-c4ccno4)o3)cc2)C1. The molecule has 1 aliphatic heterocycles. The Morgan fingerprint density at radius 3 is 2.69 bits per heavy atom. The molecule has 1 fully saturated rings. The number of amides is 1. The molecule has 29 heavy (non-hydrogen) atoms. The molecule has 0 bridgehead atoms. The molecule has 152 valence electrons. The second kappa shape index (κ2) is 7.76. The van der Waals surface area contributed by atoms with E-state index in [1.807, 2.05) is 6.92 Å². The molecule has 1 amide bonds. The van der Waals surface area contributed by atoms with Gasteiger partial charge < -0.3 is 8.94 Å². The summed E-state index contributed by atoms with van der Waals surface area (Å²) in [5.41, 5.74) is 0.260. The number of hydrogen-bond donors (Lipinski definition) is 1. The van der Waals surface area contributed by atoms with Crippen LogP contribution >= 0.6 is 0 Å². The maximum Gasteiger partial charge on any atom is 0.322 e. The van der Waals surface area contributed by atoms with Crippen LogP contribution < -0.4 is 5.32 Å². The third-order valence-corrected chi connectivity index (χ3v) is 6.55. The predicted molar refractivity (Wildman–Crippen MR) is 101 cm³/mol. The van der Waals surface area contributed by atoms with Crippen LogP contribution in [0.15, 0.2) is 50.4 Å². The molecule has 2 aromatic heterocycles. The highest BCUT2D eigenvalue weighted by Gasteiger charge is 2.28. The molecule has 1 aromatic carbocycles. The quantitative estimate of drug-likeness (QED) is 0.669. The minimum absolute atomic E-state index is 0.0787. The first kappa shape index (κ1) is 19.3. The Balaban J connectivity index is 1.45. The van der Waals surface area contributed by atoms with Crippen molar-refractivity contribution in [1.29, 1.82) is 0 Å². The summed E-state index contributed by atoms with van der Waals surface area (Å²) >= 11 is 0. The van der Waals surface area contributed by atoms with E-state index in [1.165, 1.54) is 34.8 Å². The molecule has 0 unspecified atom stereocenters. The van der Waals surface area contributed by atoms with Crippen molar-refractivity contribution in [2.45, 2.75) is 24.7 Å². The lowest BCUT2D eigenvalue weighted by molar-refractivity contribution is 0.102. The standard InChI is InChI=1S/C18H19N5O5S/c1-12-3-2-10-23(11-12)29(25,26)14-6-4-13(5-7-14)16(24)20-18-22-21-17(27-18)15-8-9-19-28-15/h4-9,12H,2-3,10-11H2,1H3,(H,20,22,24)/t12-/m0/s1. The molecule has 4 rings (SSSR count). The van der Waals surface area contributed by atoms with Gasteiger partial charge in [-0.05, 0) is 43.0 Å². The summed E-state index contributed by atoms with van der Waals surface area (Å²) < 4.78 is 37.3. The van der Waals surface area contributed by atoms with Gasteiger partial charge in [-0.3, -0.25) is 10.1 Å². The Morgan fingerprint density at radius 1 is 1.21 bits per heavy atom. The van der Waals surface area contributed by atoms with Crippen LogP contribution in [0.5, 0.6) is 0 Å². The van der Waals surface area contributed by atoms with E-state index in [0.717, 1.165) is 12.8 Å². The average Bonchev–Trinajstić information content (AvgIpc) is 3.40. The molecule has 1 N–H and O–H groups in total. The van der Waals surface area contributed by atoms with Crippen molar-refractivity contribution < 1.29 is 22.2 Å². The van der Waals surface area contributed by atoms with Crippen molar-refractivity contribution in [3.05, 3.63) is 42.1 Å². The van der Waals surface area contributed by atoms with Crippen LogP contribution in [-0.4, -0.2) is 47.1 Å². The van der Waals surface area contributed by atoms with Crippen molar-refractivity contribution in [2.24, 2.45) is 5.92 Å². The lowest BCUT2D eigenvalue weighted by Gasteiger charge is -2.30. The smallest absolute Gasteiger partial charge is 0.322 e. The van der Waals surface area contributed by atoms with Crippen LogP contribution in [0.2, 0.25) is 0 Å². The van der Waals surface area contributed by atoms with E-state index in [1.54, 1.807) is 6.07 Å². The van der Waals surface area contributed by atoms with Gasteiger partial charge in [-0.2, -0.15) is 4.31 Å². The molecule has 0 aliphatic carbocycles. The molecule has 1 saturated heterocycles. The first-order valence-electron chi connectivity index (χ1n) is 9.09. The summed E-state index contributed by atoms with van der Waals surface area (Å²) in [5.74, 6) is 0.183. The van der Waals surface area contributed by atoms with Gasteiger partial charge >= 0.3 is 6.01 Å². The number of aromatic nitrogens is 3. The van der Waals surface area contributed by atoms with Crippen LogP contribution in [0.4, 0.5) is 6.01 Å². The summed E-state index contributed by atoms with van der Waals surface area (Å²) in [5, 5.41) is 13.5. The number of benzene rings is 1. The summed E-state index contributed by atoms with van der Waals surface area (Å²) in [7, 11) is -3.57. The molecule has 1 atom stereocenters. The Kier molecular flexibility index (Phi) is 5.16. The van der Waals surface area contributed by atoms with Crippen molar-refractivity contribution >= 4 is 21.9 Å². The van der Waals surface area contributed by atoms with Crippen LogP contribution in [0.3, 0.4) is 0 Å². The third-order valence-electron chi connectivity index (χ3n) is 4.67. The molecule has 10 nitrogen and oxygen atoms in total. The second-order valence-corrected chi connectivity index (χ2v) is 8.82. The topological polar surface area (TPSA) is 131 Å². The Labute approximate surface area is 166 Å². The van der Waals surface area contributed by atoms with E-state index in [0.29, 0.717) is 19.0 Å². The van der Waals surface area contributed by atoms with Gasteiger partial charge in [0, 0.05) is 24.7 Å². The molecule has 3 heterocycles. The highest BCUT2D eigenvalue weighted by atomic mass is 32.2. The number of piperidine rings is 1. The van der Waals surface area contributed by atoms with Crippen LogP contribution in [0, 0.1) is 5.92 Å². The summed E-state index contributed by atoms with van der Waals surface area (Å²) in [6.07, 6.45) is 3.30. The lowest BCUT2D eigenvalue weighted by Crippen LogP contribution is -2.39. The number of nitrogens with zero attached hydrogens (tertiary/aromatic N) is 4. The van der Waals surface area contributed by atoms with Gasteiger partial charge in [0.25, 0.3) is 11.8 Å². The van der Waals surface area contributed by atoms with Gasteiger partial charge in [0.15, 0.2) is 0 Å². The van der Waals surface area contributed by atoms with Gasteiger partial charge in [0.2, 0.25) is 15.8 Å². The van der Waals surface area contributed by atoms with Gasteiger partial charge in [-0.1, -0.05) is 17.2 Å². The largest absolute Gasteiger partial charge is 0.400 e. The Bertz CT molecular complexity index is 1090. The summed E-state index contributed by atoms with van der Waals surface area (Å²) in [4.78, 5) is 12.5. The Morgan fingerprint density at radius 2 is 2.00 bits per heavy atom. The van der Waals surface area contributed by atoms with Crippen molar-refractivity contribution in [3.63, 3.8) is 0 Å². The highest BCUT2D eigenvalue weighted by molar-refractivity contribution is 7.89. The number of anilines is 1. The second-order valence-electron chi connectivity index (χ2n) is 6.88. The number of sulfonamides is 1. The number of nitrogens with one attached hydrogen (secondary N) is 1. The Hall–Kier alpha value is -3.05. The average molecular weight is 417 g/mol. The van der Waals surface area contributed by atoms with Crippen molar-refractivity contribution in [3.8, 4) is 11.7 Å². The zero-order chi connectivity index (χ0) is 20.4. The fourth-order valence-corrected chi connectivity index (χ4v) is 4.76. The van der Waals surface area contributed by atoms with Gasteiger partial charge in [-0.15, -0.1) is 5.10 Å². The van der Waals surface area contributed by atoms with Crippen LogP contribution in [0.1, 0.15) is 30.1 Å². The van der Waals surface area contributed by atoms with Gasteiger partial charge in [-0.25, -0.2) is 8.42 Å². The maximum absolute atomic E-state index is 12.8.